The molecule has 6 heteroatoms. The molecule has 2 aromatic rings. The molecule has 0 saturated carbocycles. The summed E-state index contributed by atoms with van der Waals surface area (Å²) in [7, 11) is 0. The lowest BCUT2D eigenvalue weighted by Crippen LogP contribution is -2.41. The number of halogens is 2. The summed E-state index contributed by atoms with van der Waals surface area (Å²) in [6.07, 6.45) is 0. The van der Waals surface area contributed by atoms with Gasteiger partial charge in [-0.15, -0.1) is 0 Å². The molecular formula is C15H12BrFN2O2. The lowest BCUT2D eigenvalue weighted by atomic mass is 10.1. The van der Waals surface area contributed by atoms with Crippen molar-refractivity contribution in [2.75, 3.05) is 0 Å². The number of carbonyl (C=O) groups is 2. The second kappa shape index (κ2) is 6.49. The van der Waals surface area contributed by atoms with Gasteiger partial charge in [-0.3, -0.25) is 20.4 Å². The van der Waals surface area contributed by atoms with Gasteiger partial charge in [-0.1, -0.05) is 33.6 Å². The minimum atomic E-state index is -0.728. The van der Waals surface area contributed by atoms with Crippen LogP contribution in [0.15, 0.2) is 46.9 Å². The third-order valence-electron chi connectivity index (χ3n) is 2.78. The minimum Gasteiger partial charge on any atom is -0.267 e. The van der Waals surface area contributed by atoms with Crippen LogP contribution < -0.4 is 10.9 Å². The molecule has 0 unspecified atom stereocenters. The van der Waals surface area contributed by atoms with Crippen LogP contribution in [0.2, 0.25) is 0 Å². The molecule has 0 aliphatic heterocycles. The van der Waals surface area contributed by atoms with Crippen LogP contribution in [0.4, 0.5) is 4.39 Å². The molecule has 0 atom stereocenters. The Morgan fingerprint density at radius 2 is 1.62 bits per heavy atom. The van der Waals surface area contributed by atoms with Gasteiger partial charge in [0.15, 0.2) is 0 Å². The van der Waals surface area contributed by atoms with Crippen molar-refractivity contribution in [2.45, 2.75) is 6.92 Å². The number of nitrogens with one attached hydrogen (secondary N) is 2. The minimum absolute atomic E-state index is 0.159. The zero-order valence-corrected chi connectivity index (χ0v) is 12.7. The van der Waals surface area contributed by atoms with Gasteiger partial charge in [-0.2, -0.15) is 0 Å². The van der Waals surface area contributed by atoms with Gasteiger partial charge in [0, 0.05) is 10.0 Å². The van der Waals surface area contributed by atoms with E-state index in [1.807, 2.05) is 6.92 Å². The average molecular weight is 351 g/mol. The molecule has 0 saturated heterocycles. The smallest absolute Gasteiger partial charge is 0.267 e. The number of hydrazine groups is 1. The predicted molar refractivity (Wildman–Crippen MR) is 80.2 cm³/mol. The molecule has 0 aliphatic rings. The van der Waals surface area contributed by atoms with Crippen LogP contribution in [0.25, 0.3) is 0 Å². The fourth-order valence-electron chi connectivity index (χ4n) is 1.63. The number of hydrogen-bond donors (Lipinski definition) is 2. The quantitative estimate of drug-likeness (QED) is 0.818. The molecule has 108 valence electrons. The fraction of sp³-hybridized carbons (Fsp3) is 0.0667. The van der Waals surface area contributed by atoms with Gasteiger partial charge in [0.25, 0.3) is 11.8 Å². The van der Waals surface area contributed by atoms with Crippen LogP contribution in [0.3, 0.4) is 0 Å². The first kappa shape index (κ1) is 15.2. The van der Waals surface area contributed by atoms with E-state index in [2.05, 4.69) is 26.8 Å². The molecule has 2 amide bonds. The molecule has 4 nitrogen and oxygen atoms in total. The van der Waals surface area contributed by atoms with Crippen molar-refractivity contribution in [3.05, 3.63) is 69.4 Å². The zero-order valence-electron chi connectivity index (χ0n) is 11.1. The number of rotatable bonds is 2. The summed E-state index contributed by atoms with van der Waals surface area (Å²) in [5.74, 6) is -1.87. The van der Waals surface area contributed by atoms with Crippen molar-refractivity contribution >= 4 is 27.7 Å². The second-order valence-corrected chi connectivity index (χ2v) is 5.31. The maximum atomic E-state index is 13.5. The fourth-order valence-corrected chi connectivity index (χ4v) is 1.99. The predicted octanol–water partition coefficient (Wildman–Crippen LogP) is 2.97. The summed E-state index contributed by atoms with van der Waals surface area (Å²) in [5.41, 5.74) is 5.68. The van der Waals surface area contributed by atoms with Crippen LogP contribution in [-0.2, 0) is 0 Å². The summed E-state index contributed by atoms with van der Waals surface area (Å²) in [5, 5.41) is 0. The van der Waals surface area contributed by atoms with E-state index in [1.165, 1.54) is 18.2 Å². The Morgan fingerprint density at radius 1 is 1.00 bits per heavy atom. The Hall–Kier alpha value is -2.21. The summed E-state index contributed by atoms with van der Waals surface area (Å²) in [6.45, 7) is 1.90. The number of aryl methyl sites for hydroxylation is 1. The molecule has 0 spiro atoms. The SMILES string of the molecule is Cc1ccc(C(=O)NNC(=O)c2cc(Br)ccc2F)cc1. The maximum absolute atomic E-state index is 13.5. The number of amides is 2. The largest absolute Gasteiger partial charge is 0.272 e. The molecule has 0 heterocycles. The highest BCUT2D eigenvalue weighted by Gasteiger charge is 2.13. The van der Waals surface area contributed by atoms with Crippen LogP contribution >= 0.6 is 15.9 Å². The third kappa shape index (κ3) is 3.88. The number of hydrogen-bond acceptors (Lipinski definition) is 2. The van der Waals surface area contributed by atoms with Crippen molar-refractivity contribution in [3.8, 4) is 0 Å². The van der Waals surface area contributed by atoms with Crippen LogP contribution in [0.5, 0.6) is 0 Å². The van der Waals surface area contributed by atoms with E-state index in [-0.39, 0.29) is 5.56 Å². The van der Waals surface area contributed by atoms with Gasteiger partial charge in [-0.05, 0) is 37.3 Å². The summed E-state index contributed by atoms with van der Waals surface area (Å²) < 4.78 is 14.1. The number of carbonyl (C=O) groups excluding carboxylic acids is 2. The first-order chi connectivity index (χ1) is 9.97. The van der Waals surface area contributed by atoms with E-state index < -0.39 is 17.6 Å². The lowest BCUT2D eigenvalue weighted by molar-refractivity contribution is 0.0844. The average Bonchev–Trinajstić information content (AvgIpc) is 2.47. The molecule has 0 bridgehead atoms. The van der Waals surface area contributed by atoms with Gasteiger partial charge in [0.1, 0.15) is 5.82 Å². The monoisotopic (exact) mass is 350 g/mol. The summed E-state index contributed by atoms with van der Waals surface area (Å²) >= 11 is 3.15. The highest BCUT2D eigenvalue weighted by molar-refractivity contribution is 9.10. The first-order valence-corrected chi connectivity index (χ1v) is 6.89. The van der Waals surface area contributed by atoms with Crippen molar-refractivity contribution in [2.24, 2.45) is 0 Å². The Kier molecular flexibility index (Phi) is 4.70. The molecule has 0 aliphatic carbocycles. The molecule has 0 fully saturated rings. The van der Waals surface area contributed by atoms with Gasteiger partial charge < -0.3 is 0 Å². The van der Waals surface area contributed by atoms with Gasteiger partial charge in [0.05, 0.1) is 5.56 Å². The Bertz CT molecular complexity index is 687. The van der Waals surface area contributed by atoms with Crippen LogP contribution in [0.1, 0.15) is 26.3 Å². The van der Waals surface area contributed by atoms with E-state index in [9.17, 15) is 14.0 Å². The molecule has 2 N–H and O–H groups in total. The first-order valence-electron chi connectivity index (χ1n) is 6.10. The highest BCUT2D eigenvalue weighted by Crippen LogP contribution is 2.15. The molecule has 0 aromatic heterocycles. The molecular weight excluding hydrogens is 339 g/mol. The molecule has 0 radical (unpaired) electrons. The molecule has 21 heavy (non-hydrogen) atoms. The molecule has 2 aromatic carbocycles. The Balaban J connectivity index is 2.02. The van der Waals surface area contributed by atoms with E-state index in [4.69, 9.17) is 0 Å². The van der Waals surface area contributed by atoms with E-state index >= 15 is 0 Å². The topological polar surface area (TPSA) is 58.2 Å². The maximum Gasteiger partial charge on any atom is 0.272 e. The van der Waals surface area contributed by atoms with Gasteiger partial charge in [0.2, 0.25) is 0 Å². The van der Waals surface area contributed by atoms with Crippen LogP contribution in [-0.4, -0.2) is 11.8 Å². The summed E-state index contributed by atoms with van der Waals surface area (Å²) in [6, 6.07) is 10.8. The van der Waals surface area contributed by atoms with E-state index in [0.717, 1.165) is 5.56 Å². The van der Waals surface area contributed by atoms with Crippen molar-refractivity contribution in [3.63, 3.8) is 0 Å². The van der Waals surface area contributed by atoms with Gasteiger partial charge in [-0.25, -0.2) is 4.39 Å². The normalized spacial score (nSPS) is 10.0. The second-order valence-electron chi connectivity index (χ2n) is 4.40. The highest BCUT2D eigenvalue weighted by atomic mass is 79.9. The van der Waals surface area contributed by atoms with E-state index in [0.29, 0.717) is 10.0 Å². The zero-order chi connectivity index (χ0) is 15.4. The Labute approximate surface area is 129 Å². The standard InChI is InChI=1S/C15H12BrFN2O2/c1-9-2-4-10(5-3-9)14(20)18-19-15(21)12-8-11(16)6-7-13(12)17/h2-8H,1H3,(H,18,20)(H,19,21). The van der Waals surface area contributed by atoms with E-state index in [1.54, 1.807) is 24.3 Å². The van der Waals surface area contributed by atoms with Gasteiger partial charge >= 0.3 is 0 Å². The number of benzene rings is 2. The Morgan fingerprint density at radius 3 is 2.29 bits per heavy atom. The van der Waals surface area contributed by atoms with Crippen LogP contribution in [0, 0.1) is 12.7 Å². The van der Waals surface area contributed by atoms with Crippen molar-refractivity contribution in [1.29, 1.82) is 0 Å². The van der Waals surface area contributed by atoms with Crippen molar-refractivity contribution in [1.82, 2.24) is 10.9 Å². The lowest BCUT2D eigenvalue weighted by Gasteiger charge is -2.08. The molecule has 2 rings (SSSR count). The van der Waals surface area contributed by atoms with Crippen molar-refractivity contribution < 1.29 is 14.0 Å². The third-order valence-corrected chi connectivity index (χ3v) is 3.27. The summed E-state index contributed by atoms with van der Waals surface area (Å²) in [4.78, 5) is 23.6.